The summed E-state index contributed by atoms with van der Waals surface area (Å²) in [5, 5.41) is 2.56. The Morgan fingerprint density at radius 1 is 0.688 bits per heavy atom. The van der Waals surface area contributed by atoms with Crippen LogP contribution in [0.15, 0.2) is 36.4 Å². The van der Waals surface area contributed by atoms with Crippen LogP contribution < -0.4 is 0 Å². The van der Waals surface area contributed by atoms with Gasteiger partial charge in [0, 0.05) is 0 Å². The van der Waals surface area contributed by atoms with E-state index in [9.17, 15) is 0 Å². The smallest absolute Gasteiger partial charge is 0.0645 e. The molecule has 2 aromatic carbocycles. The Balaban J connectivity index is 2.54. The van der Waals surface area contributed by atoms with Crippen molar-refractivity contribution in [1.29, 1.82) is 0 Å². The Morgan fingerprint density at radius 3 is 1.56 bits per heavy atom. The summed E-state index contributed by atoms with van der Waals surface area (Å²) in [6.07, 6.45) is 0. The molecule has 0 amide bonds. The predicted molar refractivity (Wildman–Crippen MR) is 83.0 cm³/mol. The first-order valence-electron chi connectivity index (χ1n) is 4.74. The van der Waals surface area contributed by atoms with Crippen LogP contribution in [0.5, 0.6) is 0 Å². The average molecular weight is 470 g/mol. The van der Waals surface area contributed by atoms with Crippen molar-refractivity contribution in [2.75, 3.05) is 0 Å². The topological polar surface area (TPSA) is 0 Å². The van der Waals surface area contributed by atoms with Gasteiger partial charge < -0.3 is 0 Å². The molecular weight excluding hydrogens is 464 g/mol. The maximum absolute atomic E-state index is 3.76. The summed E-state index contributed by atoms with van der Waals surface area (Å²) in [6.45, 7) is 0. The average Bonchev–Trinajstić information content (AvgIpc) is 2.40. The molecule has 0 heterocycles. The van der Waals surface area contributed by atoms with Crippen LogP contribution in [0.2, 0.25) is 0 Å². The van der Waals surface area contributed by atoms with Gasteiger partial charge in [-0.2, -0.15) is 0 Å². The first kappa shape index (κ1) is 11.7. The lowest BCUT2D eigenvalue weighted by molar-refractivity contribution is 0.894. The highest BCUT2D eigenvalue weighted by atomic mass is 79.9. The zero-order chi connectivity index (χ0) is 11.6. The monoisotopic (exact) mass is 466 g/mol. The fraction of sp³-hybridized carbons (Fsp3) is 0.167. The number of hydrogen-bond donors (Lipinski definition) is 0. The molecule has 0 radical (unpaired) electrons. The fourth-order valence-corrected chi connectivity index (χ4v) is 4.38. The molecule has 0 fully saturated rings. The lowest BCUT2D eigenvalue weighted by Gasteiger charge is -2.28. The second-order valence-corrected chi connectivity index (χ2v) is 10.7. The van der Waals surface area contributed by atoms with Crippen molar-refractivity contribution in [2.45, 2.75) is 6.47 Å². The van der Waals surface area contributed by atoms with E-state index in [4.69, 9.17) is 0 Å². The summed E-state index contributed by atoms with van der Waals surface area (Å²) < 4.78 is -0.646. The van der Waals surface area contributed by atoms with Crippen molar-refractivity contribution in [2.24, 2.45) is 0 Å². The first-order chi connectivity index (χ1) is 7.46. The van der Waals surface area contributed by atoms with Crippen LogP contribution in [0.3, 0.4) is 0 Å². The van der Waals surface area contributed by atoms with Gasteiger partial charge in [0.2, 0.25) is 0 Å². The van der Waals surface area contributed by atoms with Crippen molar-refractivity contribution in [1.82, 2.24) is 0 Å². The molecule has 0 saturated carbocycles. The lowest BCUT2D eigenvalue weighted by Crippen LogP contribution is -2.23. The Hall–Kier alpha value is 0.620. The van der Waals surface area contributed by atoms with E-state index in [-0.39, 0.29) is 6.47 Å². The van der Waals surface area contributed by atoms with Gasteiger partial charge in [-0.25, -0.2) is 0 Å². The number of rotatable bonds is 0. The molecule has 0 spiro atoms. The van der Waals surface area contributed by atoms with E-state index in [0.29, 0.717) is 0 Å². The fourth-order valence-electron chi connectivity index (χ4n) is 2.20. The zero-order valence-electron chi connectivity index (χ0n) is 7.98. The van der Waals surface area contributed by atoms with Crippen LogP contribution in [0.25, 0.3) is 10.8 Å². The minimum atomic E-state index is -0.323. The van der Waals surface area contributed by atoms with E-state index in [1.165, 1.54) is 21.9 Å². The summed E-state index contributed by atoms with van der Waals surface area (Å²) in [5.41, 5.74) is 2.49. The summed E-state index contributed by atoms with van der Waals surface area (Å²) in [6, 6.07) is 12.7. The van der Waals surface area contributed by atoms with E-state index in [1.54, 1.807) is 0 Å². The Kier molecular flexibility index (Phi) is 2.60. The highest BCUT2D eigenvalue weighted by molar-refractivity contribution is 9.29. The van der Waals surface area contributed by atoms with Crippen LogP contribution in [0, 0.1) is 0 Å². The van der Waals surface area contributed by atoms with Gasteiger partial charge in [-0.1, -0.05) is 100 Å². The third kappa shape index (κ3) is 1.30. The van der Waals surface area contributed by atoms with E-state index in [1.807, 2.05) is 0 Å². The quantitative estimate of drug-likeness (QED) is 0.432. The van der Waals surface area contributed by atoms with Gasteiger partial charge in [0.25, 0.3) is 0 Å². The lowest BCUT2D eigenvalue weighted by atomic mass is 10.1. The van der Waals surface area contributed by atoms with Gasteiger partial charge in [-0.3, -0.25) is 0 Å². The molecule has 82 valence electrons. The standard InChI is InChI=1S/C12H6Br4/c13-11(14)8-5-1-3-7-4-2-6-9(10(7)8)12(11,15)16/h1-6H. The molecule has 2 aromatic rings. The van der Waals surface area contributed by atoms with Crippen LogP contribution in [0.4, 0.5) is 0 Å². The van der Waals surface area contributed by atoms with Crippen LogP contribution in [-0.4, -0.2) is 0 Å². The van der Waals surface area contributed by atoms with Crippen molar-refractivity contribution in [3.05, 3.63) is 47.5 Å². The highest BCUT2D eigenvalue weighted by Crippen LogP contribution is 2.67. The minimum absolute atomic E-state index is 0.323. The molecule has 0 saturated heterocycles. The van der Waals surface area contributed by atoms with Crippen LogP contribution >= 0.6 is 63.7 Å². The SMILES string of the molecule is BrC1(Br)c2cccc3cccc(c23)C1(Br)Br. The van der Waals surface area contributed by atoms with Gasteiger partial charge in [0.15, 0.2) is 0 Å². The van der Waals surface area contributed by atoms with Crippen molar-refractivity contribution in [3.8, 4) is 0 Å². The van der Waals surface area contributed by atoms with Crippen LogP contribution in [-0.2, 0) is 6.47 Å². The maximum Gasteiger partial charge on any atom is 0.135 e. The van der Waals surface area contributed by atoms with Gasteiger partial charge in [0.05, 0.1) is 0 Å². The molecule has 1 aliphatic rings. The number of alkyl halides is 4. The van der Waals surface area contributed by atoms with Gasteiger partial charge in [0.1, 0.15) is 6.47 Å². The second-order valence-electron chi connectivity index (χ2n) is 3.86. The predicted octanol–water partition coefficient (Wildman–Crippen LogP) is 5.74. The van der Waals surface area contributed by atoms with Crippen molar-refractivity contribution in [3.63, 3.8) is 0 Å². The molecular formula is C12H6Br4. The molecule has 0 bridgehead atoms. The van der Waals surface area contributed by atoms with Gasteiger partial charge in [-0.05, 0) is 21.9 Å². The molecule has 16 heavy (non-hydrogen) atoms. The molecule has 4 heteroatoms. The number of hydrogen-bond acceptors (Lipinski definition) is 0. The third-order valence-corrected chi connectivity index (χ3v) is 9.19. The van der Waals surface area contributed by atoms with Gasteiger partial charge in [-0.15, -0.1) is 0 Å². The molecule has 0 unspecified atom stereocenters. The molecule has 1 aliphatic carbocycles. The molecule has 0 aliphatic heterocycles. The van der Waals surface area contributed by atoms with Crippen LogP contribution in [0.1, 0.15) is 11.1 Å². The third-order valence-electron chi connectivity index (χ3n) is 2.98. The molecule has 0 atom stereocenters. The maximum atomic E-state index is 3.76. The summed E-state index contributed by atoms with van der Waals surface area (Å²) in [4.78, 5) is 0. The minimum Gasteiger partial charge on any atom is -0.0645 e. The Labute approximate surface area is 127 Å². The van der Waals surface area contributed by atoms with E-state index in [0.717, 1.165) is 0 Å². The Bertz CT molecular complexity index is 538. The summed E-state index contributed by atoms with van der Waals surface area (Å²) in [5.74, 6) is 0. The largest absolute Gasteiger partial charge is 0.135 e. The summed E-state index contributed by atoms with van der Waals surface area (Å²) >= 11 is 15.0. The second kappa shape index (κ2) is 3.56. The first-order valence-corrected chi connectivity index (χ1v) is 7.92. The molecule has 0 N–H and O–H groups in total. The van der Waals surface area contributed by atoms with Crippen molar-refractivity contribution >= 4 is 74.5 Å². The molecule has 0 aromatic heterocycles. The van der Waals surface area contributed by atoms with Gasteiger partial charge >= 0.3 is 0 Å². The summed E-state index contributed by atoms with van der Waals surface area (Å²) in [7, 11) is 0. The molecule has 0 nitrogen and oxygen atoms in total. The zero-order valence-corrected chi connectivity index (χ0v) is 14.3. The van der Waals surface area contributed by atoms with E-state index in [2.05, 4.69) is 100 Å². The van der Waals surface area contributed by atoms with E-state index >= 15 is 0 Å². The normalized spacial score (nSPS) is 20.2. The van der Waals surface area contributed by atoms with Crippen molar-refractivity contribution < 1.29 is 0 Å². The molecule has 3 rings (SSSR count). The number of benzene rings is 2. The highest BCUT2D eigenvalue weighted by Gasteiger charge is 2.53. The van der Waals surface area contributed by atoms with E-state index < -0.39 is 0 Å². The number of halogens is 4. The Morgan fingerprint density at radius 2 is 1.12 bits per heavy atom.